The summed E-state index contributed by atoms with van der Waals surface area (Å²) in [4.78, 5) is 26.6. The highest BCUT2D eigenvalue weighted by Crippen LogP contribution is 2.32. The van der Waals surface area contributed by atoms with Crippen LogP contribution in [-0.2, 0) is 4.74 Å². The van der Waals surface area contributed by atoms with E-state index in [2.05, 4.69) is 15.0 Å². The first-order valence-electron chi connectivity index (χ1n) is 10.2. The van der Waals surface area contributed by atoms with Crippen molar-refractivity contribution in [3.8, 4) is 17.0 Å². The Morgan fingerprint density at radius 2 is 1.97 bits per heavy atom. The molecular formula is C22H26N4O4. The third kappa shape index (κ3) is 3.93. The molecule has 1 saturated carbocycles. The molecular weight excluding hydrogens is 384 g/mol. The second-order valence-corrected chi connectivity index (χ2v) is 7.54. The van der Waals surface area contributed by atoms with Crippen molar-refractivity contribution in [3.05, 3.63) is 46.8 Å². The molecule has 1 aliphatic rings. The molecule has 4 rings (SSSR count). The van der Waals surface area contributed by atoms with Gasteiger partial charge in [0.25, 0.3) is 5.56 Å². The number of aliphatic hydroxyl groups excluding tert-OH is 1. The molecule has 8 nitrogen and oxygen atoms in total. The highest BCUT2D eigenvalue weighted by atomic mass is 16.5. The molecule has 3 aromatic heterocycles. The topological polar surface area (TPSA) is 99.4 Å². The van der Waals surface area contributed by atoms with Crippen molar-refractivity contribution in [1.82, 2.24) is 19.5 Å². The lowest BCUT2D eigenvalue weighted by atomic mass is 9.92. The van der Waals surface area contributed by atoms with Gasteiger partial charge >= 0.3 is 0 Å². The molecule has 0 radical (unpaired) electrons. The summed E-state index contributed by atoms with van der Waals surface area (Å²) in [7, 11) is 1.56. The van der Waals surface area contributed by atoms with E-state index >= 15 is 0 Å². The van der Waals surface area contributed by atoms with Gasteiger partial charge in [0.05, 0.1) is 32.1 Å². The fraction of sp³-hybridized carbons (Fsp3) is 0.455. The number of ether oxygens (including phenoxy) is 2. The Balaban J connectivity index is 1.77. The van der Waals surface area contributed by atoms with Gasteiger partial charge in [-0.3, -0.25) is 9.36 Å². The monoisotopic (exact) mass is 410 g/mol. The summed E-state index contributed by atoms with van der Waals surface area (Å²) in [5, 5.41) is 9.84. The highest BCUT2D eigenvalue weighted by molar-refractivity contribution is 5.83. The van der Waals surface area contributed by atoms with Crippen LogP contribution in [0, 0.1) is 6.92 Å². The van der Waals surface area contributed by atoms with Crippen LogP contribution in [0.2, 0.25) is 0 Å². The molecule has 3 aromatic rings. The molecule has 0 aliphatic heterocycles. The van der Waals surface area contributed by atoms with Crippen molar-refractivity contribution in [2.75, 3.05) is 20.3 Å². The summed E-state index contributed by atoms with van der Waals surface area (Å²) in [5.41, 5.74) is 2.73. The van der Waals surface area contributed by atoms with Crippen molar-refractivity contribution in [2.24, 2.45) is 0 Å². The van der Waals surface area contributed by atoms with Gasteiger partial charge in [0.1, 0.15) is 12.0 Å². The van der Waals surface area contributed by atoms with E-state index in [1.807, 2.05) is 23.6 Å². The zero-order chi connectivity index (χ0) is 21.1. The number of aliphatic hydroxyl groups is 1. The second kappa shape index (κ2) is 8.89. The maximum atomic E-state index is 13.6. The molecule has 0 bridgehead atoms. The molecule has 30 heavy (non-hydrogen) atoms. The van der Waals surface area contributed by atoms with Gasteiger partial charge in [-0.1, -0.05) is 0 Å². The Morgan fingerprint density at radius 1 is 1.17 bits per heavy atom. The summed E-state index contributed by atoms with van der Waals surface area (Å²) in [6, 6.07) is 5.50. The smallest absolute Gasteiger partial charge is 0.260 e. The minimum Gasteiger partial charge on any atom is -0.481 e. The third-order valence-electron chi connectivity index (χ3n) is 5.74. The van der Waals surface area contributed by atoms with Crippen LogP contribution < -0.4 is 10.3 Å². The average molecular weight is 410 g/mol. The van der Waals surface area contributed by atoms with Gasteiger partial charge in [0, 0.05) is 34.8 Å². The Labute approximate surface area is 174 Å². The van der Waals surface area contributed by atoms with Crippen LogP contribution in [0.15, 0.2) is 35.5 Å². The van der Waals surface area contributed by atoms with E-state index in [0.29, 0.717) is 23.7 Å². The highest BCUT2D eigenvalue weighted by Gasteiger charge is 2.26. The molecule has 3 heterocycles. The van der Waals surface area contributed by atoms with Crippen molar-refractivity contribution >= 4 is 11.0 Å². The van der Waals surface area contributed by atoms with Crippen LogP contribution in [0.3, 0.4) is 0 Å². The normalized spacial score (nSPS) is 19.2. The van der Waals surface area contributed by atoms with Gasteiger partial charge < -0.3 is 14.6 Å². The standard InChI is InChI=1S/C22H26N4O4/c1-14-18-11-19(15-3-8-20(29-2)23-12-15)22(28)26(21(18)25-13-24-14)16-4-6-17(7-5-16)30-10-9-27/h3,8,11-13,16-17,27H,4-7,9-10H2,1-2H3. The minimum atomic E-state index is -0.0766. The predicted octanol–water partition coefficient (Wildman–Crippen LogP) is 2.66. The first-order chi connectivity index (χ1) is 14.6. The Kier molecular flexibility index (Phi) is 6.06. The number of aromatic nitrogens is 4. The van der Waals surface area contributed by atoms with Crippen LogP contribution >= 0.6 is 0 Å². The van der Waals surface area contributed by atoms with Crippen molar-refractivity contribution in [2.45, 2.75) is 44.8 Å². The lowest BCUT2D eigenvalue weighted by Crippen LogP contribution is -2.32. The number of hydrogen-bond donors (Lipinski definition) is 1. The zero-order valence-corrected chi connectivity index (χ0v) is 17.2. The van der Waals surface area contributed by atoms with Crippen LogP contribution in [0.1, 0.15) is 37.4 Å². The third-order valence-corrected chi connectivity index (χ3v) is 5.74. The number of pyridine rings is 2. The fourth-order valence-electron chi connectivity index (χ4n) is 4.16. The van der Waals surface area contributed by atoms with Gasteiger partial charge in [0.15, 0.2) is 0 Å². The summed E-state index contributed by atoms with van der Waals surface area (Å²) in [6.45, 7) is 2.30. The van der Waals surface area contributed by atoms with Crippen molar-refractivity contribution < 1.29 is 14.6 Å². The molecule has 0 amide bonds. The average Bonchev–Trinajstić information content (AvgIpc) is 2.78. The fourth-order valence-corrected chi connectivity index (χ4v) is 4.16. The number of aryl methyl sites for hydroxylation is 1. The summed E-state index contributed by atoms with van der Waals surface area (Å²) in [6.07, 6.45) is 6.62. The van der Waals surface area contributed by atoms with E-state index < -0.39 is 0 Å². The van der Waals surface area contributed by atoms with E-state index in [1.54, 1.807) is 19.4 Å². The van der Waals surface area contributed by atoms with E-state index in [4.69, 9.17) is 14.6 Å². The van der Waals surface area contributed by atoms with Gasteiger partial charge in [-0.25, -0.2) is 15.0 Å². The SMILES string of the molecule is COc1ccc(-c2cc3c(C)ncnc3n(C3CCC(OCCO)CC3)c2=O)cn1. The maximum absolute atomic E-state index is 13.6. The lowest BCUT2D eigenvalue weighted by molar-refractivity contribution is 0.00168. The van der Waals surface area contributed by atoms with Gasteiger partial charge in [-0.2, -0.15) is 0 Å². The summed E-state index contributed by atoms with van der Waals surface area (Å²) >= 11 is 0. The van der Waals surface area contributed by atoms with E-state index in [1.165, 1.54) is 6.33 Å². The number of fused-ring (bicyclic) bond motifs is 1. The van der Waals surface area contributed by atoms with Gasteiger partial charge in [-0.15, -0.1) is 0 Å². The molecule has 1 fully saturated rings. The van der Waals surface area contributed by atoms with Crippen LogP contribution in [-0.4, -0.2) is 51.1 Å². The predicted molar refractivity (Wildman–Crippen MR) is 113 cm³/mol. The Morgan fingerprint density at radius 3 is 2.63 bits per heavy atom. The molecule has 158 valence electrons. The molecule has 0 spiro atoms. The summed E-state index contributed by atoms with van der Waals surface area (Å²) < 4.78 is 12.6. The number of hydrogen-bond acceptors (Lipinski definition) is 7. The Hall–Kier alpha value is -2.84. The van der Waals surface area contributed by atoms with Crippen LogP contribution in [0.25, 0.3) is 22.2 Å². The quantitative estimate of drug-likeness (QED) is 0.667. The van der Waals surface area contributed by atoms with E-state index in [-0.39, 0.29) is 24.3 Å². The first-order valence-corrected chi connectivity index (χ1v) is 10.2. The van der Waals surface area contributed by atoms with Crippen molar-refractivity contribution in [1.29, 1.82) is 0 Å². The molecule has 1 N–H and O–H groups in total. The maximum Gasteiger partial charge on any atom is 0.260 e. The zero-order valence-electron chi connectivity index (χ0n) is 17.2. The van der Waals surface area contributed by atoms with E-state index in [0.717, 1.165) is 42.3 Å². The first kappa shape index (κ1) is 20.4. The second-order valence-electron chi connectivity index (χ2n) is 7.54. The molecule has 1 aliphatic carbocycles. The van der Waals surface area contributed by atoms with Crippen LogP contribution in [0.4, 0.5) is 0 Å². The lowest BCUT2D eigenvalue weighted by Gasteiger charge is -2.30. The minimum absolute atomic E-state index is 0.0260. The summed E-state index contributed by atoms with van der Waals surface area (Å²) in [5.74, 6) is 0.501. The van der Waals surface area contributed by atoms with Crippen molar-refractivity contribution in [3.63, 3.8) is 0 Å². The number of rotatable bonds is 6. The molecule has 0 saturated heterocycles. The molecule has 0 atom stereocenters. The largest absolute Gasteiger partial charge is 0.481 e. The van der Waals surface area contributed by atoms with Crippen LogP contribution in [0.5, 0.6) is 5.88 Å². The molecule has 0 aromatic carbocycles. The molecule has 0 unspecified atom stereocenters. The van der Waals surface area contributed by atoms with E-state index in [9.17, 15) is 4.79 Å². The number of nitrogens with zero attached hydrogens (tertiary/aromatic N) is 4. The van der Waals surface area contributed by atoms with Gasteiger partial charge in [0.2, 0.25) is 5.88 Å². The Bertz CT molecular complexity index is 1070. The molecule has 8 heteroatoms. The van der Waals surface area contributed by atoms with Gasteiger partial charge in [-0.05, 0) is 44.7 Å². The number of methoxy groups -OCH3 is 1.